The number of carbonyl (C=O) groups is 2. The van der Waals surface area contributed by atoms with Crippen molar-refractivity contribution in [3.63, 3.8) is 0 Å². The van der Waals surface area contributed by atoms with Crippen LogP contribution in [0.25, 0.3) is 0 Å². The molecule has 0 aliphatic rings. The van der Waals surface area contributed by atoms with E-state index < -0.39 is 22.9 Å². The van der Waals surface area contributed by atoms with Crippen LogP contribution >= 0.6 is 11.6 Å². The quantitative estimate of drug-likeness (QED) is 0.339. The number of nitrogens with one attached hydrogen (secondary N) is 2. The molecule has 29 heavy (non-hydrogen) atoms. The van der Waals surface area contributed by atoms with Gasteiger partial charge in [-0.2, -0.15) is 0 Å². The molecule has 2 aromatic carbocycles. The maximum Gasteiger partial charge on any atom is 0.341 e. The summed E-state index contributed by atoms with van der Waals surface area (Å²) in [6.07, 6.45) is -1.18. The molecule has 0 saturated carbocycles. The number of non-ortho nitro benzene ring substituents is 1. The zero-order chi connectivity index (χ0) is 21.6. The summed E-state index contributed by atoms with van der Waals surface area (Å²) < 4.78 is 5.19. The molecule has 0 saturated heterocycles. The van der Waals surface area contributed by atoms with Gasteiger partial charge < -0.3 is 20.5 Å². The maximum absolute atomic E-state index is 12.5. The van der Waals surface area contributed by atoms with E-state index in [1.807, 2.05) is 0 Å². The Morgan fingerprint density at radius 3 is 2.62 bits per heavy atom. The van der Waals surface area contributed by atoms with Crippen LogP contribution < -0.4 is 10.6 Å². The number of nitrogens with zero attached hydrogens (tertiary/aromatic N) is 1. The number of aliphatic hydroxyl groups is 1. The number of esters is 1. The van der Waals surface area contributed by atoms with Crippen molar-refractivity contribution in [1.29, 1.82) is 0 Å². The highest BCUT2D eigenvalue weighted by atomic mass is 35.5. The van der Waals surface area contributed by atoms with Gasteiger partial charge in [-0.1, -0.05) is 17.7 Å². The first kappa shape index (κ1) is 22.1. The molecule has 0 fully saturated rings. The fraction of sp³-hybridized carbons (Fsp3) is 0.263. The van der Waals surface area contributed by atoms with Gasteiger partial charge in [0.05, 0.1) is 17.1 Å². The van der Waals surface area contributed by atoms with Gasteiger partial charge in [-0.25, -0.2) is 4.79 Å². The lowest BCUT2D eigenvalue weighted by Crippen LogP contribution is -2.30. The Hall–Kier alpha value is -3.17. The van der Waals surface area contributed by atoms with Crippen LogP contribution in [0.15, 0.2) is 36.4 Å². The third kappa shape index (κ3) is 5.90. The number of halogens is 1. The van der Waals surface area contributed by atoms with Crippen LogP contribution in [0, 0.1) is 17.0 Å². The van der Waals surface area contributed by atoms with E-state index in [-0.39, 0.29) is 30.1 Å². The van der Waals surface area contributed by atoms with Gasteiger partial charge in [0.15, 0.2) is 6.10 Å². The van der Waals surface area contributed by atoms with Crippen molar-refractivity contribution in [2.45, 2.75) is 20.0 Å². The van der Waals surface area contributed by atoms with Crippen LogP contribution in [0.5, 0.6) is 0 Å². The number of aliphatic hydroxyl groups excluding tert-OH is 1. The van der Waals surface area contributed by atoms with Crippen LogP contribution in [-0.2, 0) is 9.53 Å². The predicted molar refractivity (Wildman–Crippen MR) is 108 cm³/mol. The molecule has 9 nitrogen and oxygen atoms in total. The largest absolute Gasteiger partial charge is 0.449 e. The SMILES string of the molecule is Cc1ccc(Cl)cc1NC(=O)C(C)OC(=O)c1cc([N+](=O)[O-])ccc1NCCO. The van der Waals surface area contributed by atoms with Crippen molar-refractivity contribution < 1.29 is 24.4 Å². The molecule has 10 heteroatoms. The molecule has 0 heterocycles. The molecule has 0 aliphatic heterocycles. The van der Waals surface area contributed by atoms with Gasteiger partial charge >= 0.3 is 5.97 Å². The third-order valence-corrected chi connectivity index (χ3v) is 4.21. The lowest BCUT2D eigenvalue weighted by molar-refractivity contribution is -0.384. The van der Waals surface area contributed by atoms with Gasteiger partial charge in [0.1, 0.15) is 0 Å². The number of ether oxygens (including phenoxy) is 1. The zero-order valence-corrected chi connectivity index (χ0v) is 16.5. The lowest BCUT2D eigenvalue weighted by Gasteiger charge is -2.16. The van der Waals surface area contributed by atoms with Crippen LogP contribution in [0.1, 0.15) is 22.8 Å². The van der Waals surface area contributed by atoms with Crippen LogP contribution in [0.3, 0.4) is 0 Å². The molecular formula is C19H20ClN3O6. The number of benzene rings is 2. The van der Waals surface area contributed by atoms with E-state index in [9.17, 15) is 19.7 Å². The number of anilines is 2. The number of hydrogen-bond acceptors (Lipinski definition) is 7. The molecular weight excluding hydrogens is 402 g/mol. The first-order chi connectivity index (χ1) is 13.7. The minimum absolute atomic E-state index is 0.119. The molecule has 1 amide bonds. The Balaban J connectivity index is 2.17. The highest BCUT2D eigenvalue weighted by molar-refractivity contribution is 6.31. The van der Waals surface area contributed by atoms with Crippen LogP contribution in [-0.4, -0.2) is 41.2 Å². The van der Waals surface area contributed by atoms with E-state index in [1.165, 1.54) is 19.1 Å². The normalized spacial score (nSPS) is 11.4. The number of rotatable bonds is 8. The monoisotopic (exact) mass is 421 g/mol. The van der Waals surface area contributed by atoms with Crippen molar-refractivity contribution in [3.05, 3.63) is 62.7 Å². The Labute approximate surface area is 171 Å². The second kappa shape index (κ2) is 9.85. The summed E-state index contributed by atoms with van der Waals surface area (Å²) in [7, 11) is 0. The summed E-state index contributed by atoms with van der Waals surface area (Å²) in [5.41, 5.74) is 1.07. The Morgan fingerprint density at radius 1 is 1.24 bits per heavy atom. The Kier molecular flexibility index (Phi) is 7.52. The van der Waals surface area contributed by atoms with E-state index in [2.05, 4.69) is 10.6 Å². The fourth-order valence-electron chi connectivity index (χ4n) is 2.40. The van der Waals surface area contributed by atoms with Gasteiger partial charge in [0.25, 0.3) is 11.6 Å². The molecule has 2 rings (SSSR count). The van der Waals surface area contributed by atoms with E-state index in [0.717, 1.165) is 11.6 Å². The summed E-state index contributed by atoms with van der Waals surface area (Å²) in [6.45, 7) is 3.08. The average molecular weight is 422 g/mol. The lowest BCUT2D eigenvalue weighted by atomic mass is 10.1. The van der Waals surface area contributed by atoms with Crippen molar-refractivity contribution >= 4 is 40.5 Å². The molecule has 0 aromatic heterocycles. The highest BCUT2D eigenvalue weighted by Gasteiger charge is 2.23. The Morgan fingerprint density at radius 2 is 1.97 bits per heavy atom. The van der Waals surface area contributed by atoms with Crippen molar-refractivity contribution in [1.82, 2.24) is 0 Å². The van der Waals surface area contributed by atoms with Gasteiger partial charge in [0.2, 0.25) is 0 Å². The summed E-state index contributed by atoms with van der Waals surface area (Å²) in [4.78, 5) is 35.3. The minimum atomic E-state index is -1.18. The van der Waals surface area contributed by atoms with Crippen molar-refractivity contribution in [2.24, 2.45) is 0 Å². The topological polar surface area (TPSA) is 131 Å². The smallest absolute Gasteiger partial charge is 0.341 e. The predicted octanol–water partition coefficient (Wildman–Crippen LogP) is 3.14. The molecule has 0 spiro atoms. The number of nitro groups is 1. The second-order valence-electron chi connectivity index (χ2n) is 6.13. The Bertz CT molecular complexity index is 934. The van der Waals surface area contributed by atoms with E-state index in [4.69, 9.17) is 21.4 Å². The van der Waals surface area contributed by atoms with Gasteiger partial charge in [0, 0.05) is 35.1 Å². The minimum Gasteiger partial charge on any atom is -0.449 e. The molecule has 154 valence electrons. The van der Waals surface area contributed by atoms with Gasteiger partial charge in [-0.05, 0) is 37.6 Å². The number of hydrogen-bond donors (Lipinski definition) is 3. The molecule has 0 bridgehead atoms. The molecule has 1 unspecified atom stereocenters. The number of amides is 1. The molecule has 0 aliphatic carbocycles. The second-order valence-corrected chi connectivity index (χ2v) is 6.57. The van der Waals surface area contributed by atoms with Crippen LogP contribution in [0.2, 0.25) is 5.02 Å². The number of carbonyl (C=O) groups excluding carboxylic acids is 2. The van der Waals surface area contributed by atoms with E-state index >= 15 is 0 Å². The summed E-state index contributed by atoms with van der Waals surface area (Å²) in [5, 5.41) is 25.8. The summed E-state index contributed by atoms with van der Waals surface area (Å²) >= 11 is 5.93. The molecule has 2 aromatic rings. The molecule has 0 radical (unpaired) electrons. The molecule has 3 N–H and O–H groups in total. The summed E-state index contributed by atoms with van der Waals surface area (Å²) in [5.74, 6) is -1.50. The average Bonchev–Trinajstić information content (AvgIpc) is 2.68. The first-order valence-electron chi connectivity index (χ1n) is 8.64. The first-order valence-corrected chi connectivity index (χ1v) is 9.02. The van der Waals surface area contributed by atoms with Crippen LogP contribution in [0.4, 0.5) is 17.1 Å². The third-order valence-electron chi connectivity index (χ3n) is 3.97. The van der Waals surface area contributed by atoms with Crippen molar-refractivity contribution in [2.75, 3.05) is 23.8 Å². The number of aryl methyl sites for hydroxylation is 1. The zero-order valence-electron chi connectivity index (χ0n) is 15.8. The van der Waals surface area contributed by atoms with Gasteiger partial charge in [-0.3, -0.25) is 14.9 Å². The number of nitro benzene ring substituents is 1. The maximum atomic E-state index is 12.5. The van der Waals surface area contributed by atoms with Crippen molar-refractivity contribution in [3.8, 4) is 0 Å². The standard InChI is InChI=1S/C19H20ClN3O6/c1-11-3-4-13(20)9-17(11)22-18(25)12(2)29-19(26)15-10-14(23(27)28)5-6-16(15)21-7-8-24/h3-6,9-10,12,21,24H,7-8H2,1-2H3,(H,22,25). The highest BCUT2D eigenvalue weighted by Crippen LogP contribution is 2.24. The van der Waals surface area contributed by atoms with Gasteiger partial charge in [-0.15, -0.1) is 0 Å². The fourth-order valence-corrected chi connectivity index (χ4v) is 2.57. The van der Waals surface area contributed by atoms with E-state index in [0.29, 0.717) is 10.7 Å². The van der Waals surface area contributed by atoms with E-state index in [1.54, 1.807) is 25.1 Å². The summed E-state index contributed by atoms with van der Waals surface area (Å²) in [6, 6.07) is 8.59. The molecule has 1 atom stereocenters.